The van der Waals surface area contributed by atoms with Crippen LogP contribution < -0.4 is 4.90 Å². The summed E-state index contributed by atoms with van der Waals surface area (Å²) >= 11 is 0. The molecule has 3 rings (SSSR count). The maximum atomic E-state index is 11.9. The molecule has 2 heterocycles. The first-order valence-electron chi connectivity index (χ1n) is 7.24. The Morgan fingerprint density at radius 1 is 1.27 bits per heavy atom. The number of anilines is 1. The van der Waals surface area contributed by atoms with Crippen molar-refractivity contribution in [3.8, 4) is 0 Å². The second-order valence-electron chi connectivity index (χ2n) is 5.59. The van der Waals surface area contributed by atoms with Crippen molar-refractivity contribution >= 4 is 17.3 Å². The number of furan rings is 1. The zero-order chi connectivity index (χ0) is 15.7. The van der Waals surface area contributed by atoms with Crippen LogP contribution in [0.25, 0.3) is 0 Å². The summed E-state index contributed by atoms with van der Waals surface area (Å²) in [6.07, 6.45) is 2.28. The topological polar surface area (TPSA) is 49.1 Å². The highest BCUT2D eigenvalue weighted by atomic mass is 16.3. The van der Waals surface area contributed by atoms with E-state index < -0.39 is 0 Å². The van der Waals surface area contributed by atoms with E-state index in [1.165, 1.54) is 6.92 Å². The van der Waals surface area contributed by atoms with Crippen molar-refractivity contribution in [3.63, 3.8) is 0 Å². The Hall–Kier alpha value is -2.56. The van der Waals surface area contributed by atoms with Gasteiger partial charge in [0, 0.05) is 33.1 Å². The first-order chi connectivity index (χ1) is 10.6. The molecule has 1 atom stereocenters. The summed E-state index contributed by atoms with van der Waals surface area (Å²) in [5.74, 6) is 0.655. The van der Waals surface area contributed by atoms with Crippen LogP contribution in [-0.4, -0.2) is 30.7 Å². The van der Waals surface area contributed by atoms with Crippen LogP contribution in [0.15, 0.2) is 52.2 Å². The van der Waals surface area contributed by atoms with Gasteiger partial charge in [-0.15, -0.1) is 0 Å². The number of hydrogen-bond acceptors (Lipinski definition) is 4. The minimum absolute atomic E-state index is 0.0664. The predicted molar refractivity (Wildman–Crippen MR) is 85.9 cm³/mol. The second kappa shape index (κ2) is 5.67. The van der Waals surface area contributed by atoms with Crippen molar-refractivity contribution in [2.75, 3.05) is 19.0 Å². The number of carbonyl (C=O) groups excluding carboxylic acids is 1. The highest BCUT2D eigenvalue weighted by Crippen LogP contribution is 2.33. The van der Waals surface area contributed by atoms with E-state index in [-0.39, 0.29) is 11.9 Å². The van der Waals surface area contributed by atoms with E-state index in [4.69, 9.17) is 4.42 Å². The summed E-state index contributed by atoms with van der Waals surface area (Å²) in [6.45, 7) is 1.54. The van der Waals surface area contributed by atoms with Crippen LogP contribution in [0.2, 0.25) is 0 Å². The van der Waals surface area contributed by atoms with E-state index in [2.05, 4.69) is 29.4 Å². The summed E-state index contributed by atoms with van der Waals surface area (Å²) in [4.78, 5) is 13.9. The highest BCUT2D eigenvalue weighted by Gasteiger charge is 2.32. The van der Waals surface area contributed by atoms with Gasteiger partial charge in [0.2, 0.25) is 5.91 Å². The largest absolute Gasteiger partial charge is 0.463 e. The average Bonchev–Trinajstić information content (AvgIpc) is 3.16. The zero-order valence-corrected chi connectivity index (χ0v) is 13.0. The molecule has 1 aromatic heterocycles. The van der Waals surface area contributed by atoms with Crippen molar-refractivity contribution in [1.29, 1.82) is 0 Å². The van der Waals surface area contributed by atoms with Crippen LogP contribution in [0.3, 0.4) is 0 Å². The molecule has 5 nitrogen and oxygen atoms in total. The molecule has 22 heavy (non-hydrogen) atoms. The fraction of sp³-hybridized carbons (Fsp3) is 0.294. The molecule has 1 aliphatic rings. The lowest BCUT2D eigenvalue weighted by molar-refractivity contribution is -0.130. The maximum Gasteiger partial charge on any atom is 0.240 e. The molecule has 2 aromatic rings. The maximum absolute atomic E-state index is 11.9. The molecule has 0 saturated heterocycles. The van der Waals surface area contributed by atoms with Gasteiger partial charge in [-0.3, -0.25) is 4.79 Å². The smallest absolute Gasteiger partial charge is 0.240 e. The van der Waals surface area contributed by atoms with Crippen LogP contribution in [0.1, 0.15) is 30.7 Å². The van der Waals surface area contributed by atoms with Gasteiger partial charge in [-0.2, -0.15) is 5.10 Å². The van der Waals surface area contributed by atoms with E-state index in [9.17, 15) is 4.79 Å². The lowest BCUT2D eigenvalue weighted by atomic mass is 10.0. The summed E-state index contributed by atoms with van der Waals surface area (Å²) in [5, 5.41) is 5.99. The number of carbonyl (C=O) groups is 1. The van der Waals surface area contributed by atoms with Gasteiger partial charge in [-0.05, 0) is 29.8 Å². The molecule has 1 aromatic carbocycles. The van der Waals surface area contributed by atoms with Crippen molar-refractivity contribution in [3.05, 3.63) is 54.0 Å². The van der Waals surface area contributed by atoms with Gasteiger partial charge in [0.05, 0.1) is 12.3 Å². The van der Waals surface area contributed by atoms with Crippen molar-refractivity contribution in [1.82, 2.24) is 5.01 Å². The molecule has 0 spiro atoms. The number of nitrogens with zero attached hydrogens (tertiary/aromatic N) is 3. The Balaban J connectivity index is 1.88. The van der Waals surface area contributed by atoms with Gasteiger partial charge in [0.15, 0.2) is 0 Å². The van der Waals surface area contributed by atoms with Gasteiger partial charge in [-0.25, -0.2) is 5.01 Å². The molecule has 0 N–H and O–H groups in total. The average molecular weight is 297 g/mol. The van der Waals surface area contributed by atoms with Gasteiger partial charge >= 0.3 is 0 Å². The van der Waals surface area contributed by atoms with Gasteiger partial charge in [-0.1, -0.05) is 12.1 Å². The molecule has 0 unspecified atom stereocenters. The Bertz CT molecular complexity index is 687. The van der Waals surface area contributed by atoms with E-state index in [0.29, 0.717) is 6.42 Å². The lowest BCUT2D eigenvalue weighted by Crippen LogP contribution is -2.24. The second-order valence-corrected chi connectivity index (χ2v) is 5.59. The highest BCUT2D eigenvalue weighted by molar-refractivity contribution is 6.00. The summed E-state index contributed by atoms with van der Waals surface area (Å²) in [5.41, 5.74) is 3.01. The van der Waals surface area contributed by atoms with Crippen LogP contribution in [0, 0.1) is 0 Å². The fourth-order valence-corrected chi connectivity index (χ4v) is 2.65. The molecule has 0 fully saturated rings. The summed E-state index contributed by atoms with van der Waals surface area (Å²) in [6, 6.07) is 11.8. The molecular weight excluding hydrogens is 278 g/mol. The number of benzene rings is 1. The molecule has 0 radical (unpaired) electrons. The van der Waals surface area contributed by atoms with E-state index in [1.54, 1.807) is 11.3 Å². The number of hydrazone groups is 1. The third-order valence-corrected chi connectivity index (χ3v) is 3.83. The van der Waals surface area contributed by atoms with Gasteiger partial charge in [0.25, 0.3) is 0 Å². The third-order valence-electron chi connectivity index (χ3n) is 3.83. The zero-order valence-electron chi connectivity index (χ0n) is 13.0. The van der Waals surface area contributed by atoms with Crippen molar-refractivity contribution < 1.29 is 9.21 Å². The molecule has 0 saturated carbocycles. The summed E-state index contributed by atoms with van der Waals surface area (Å²) < 4.78 is 5.40. The molecule has 1 amide bonds. The van der Waals surface area contributed by atoms with E-state index >= 15 is 0 Å². The number of rotatable bonds is 3. The predicted octanol–water partition coefficient (Wildman–Crippen LogP) is 3.04. The van der Waals surface area contributed by atoms with Gasteiger partial charge < -0.3 is 9.32 Å². The van der Waals surface area contributed by atoms with Gasteiger partial charge in [0.1, 0.15) is 11.5 Å². The first-order valence-corrected chi connectivity index (χ1v) is 7.24. The van der Waals surface area contributed by atoms with E-state index in [1.807, 2.05) is 31.1 Å². The van der Waals surface area contributed by atoms with Crippen LogP contribution in [0.5, 0.6) is 0 Å². The lowest BCUT2D eigenvalue weighted by Gasteiger charge is -2.21. The number of hydrogen-bond donors (Lipinski definition) is 0. The Kier molecular flexibility index (Phi) is 3.71. The summed E-state index contributed by atoms with van der Waals surface area (Å²) in [7, 11) is 4.01. The van der Waals surface area contributed by atoms with Crippen LogP contribution >= 0.6 is 0 Å². The Morgan fingerprint density at radius 3 is 2.55 bits per heavy atom. The molecule has 5 heteroatoms. The normalized spacial score (nSPS) is 17.5. The molecule has 0 aliphatic carbocycles. The molecule has 114 valence electrons. The van der Waals surface area contributed by atoms with Crippen LogP contribution in [0.4, 0.5) is 5.69 Å². The SMILES string of the molecule is CC(=O)N1N=C(c2ccco2)C[C@@H]1c1ccc(N(C)C)cc1. The Labute approximate surface area is 129 Å². The Morgan fingerprint density at radius 2 is 2.00 bits per heavy atom. The van der Waals surface area contributed by atoms with E-state index in [0.717, 1.165) is 22.7 Å². The molecular formula is C17H19N3O2. The minimum Gasteiger partial charge on any atom is -0.463 e. The first kappa shape index (κ1) is 14.4. The van der Waals surface area contributed by atoms with Crippen molar-refractivity contribution in [2.24, 2.45) is 5.10 Å². The number of amides is 1. The van der Waals surface area contributed by atoms with Crippen molar-refractivity contribution in [2.45, 2.75) is 19.4 Å². The third kappa shape index (κ3) is 2.62. The fourth-order valence-electron chi connectivity index (χ4n) is 2.65. The minimum atomic E-state index is -0.0752. The standard InChI is InChI=1S/C17H19N3O2/c1-12(21)20-16(11-15(18-20)17-5-4-10-22-17)13-6-8-14(9-7-13)19(2)3/h4-10,16H,11H2,1-3H3/t16-/m1/s1. The molecule has 0 bridgehead atoms. The monoisotopic (exact) mass is 297 g/mol. The molecule has 1 aliphatic heterocycles. The quantitative estimate of drug-likeness (QED) is 0.875. The van der Waals surface area contributed by atoms with Crippen LogP contribution in [-0.2, 0) is 4.79 Å².